The number of rotatable bonds is 3. The molecule has 0 spiro atoms. The molecule has 4 nitrogen and oxygen atoms in total. The molecule has 84 valence electrons. The van der Waals surface area contributed by atoms with Gasteiger partial charge in [-0.25, -0.2) is 0 Å². The maximum atomic E-state index is 9.67. The molecule has 4 heteroatoms. The van der Waals surface area contributed by atoms with Crippen LogP contribution >= 0.6 is 0 Å². The Hall–Kier alpha value is -0.160. The van der Waals surface area contributed by atoms with Gasteiger partial charge in [0.1, 0.15) is 0 Å². The number of β-amino-alcohol motifs (C(OH)–C–C–N with tert-alkyl or cyclic N) is 1. The summed E-state index contributed by atoms with van der Waals surface area (Å²) in [5.74, 6) is 0. The summed E-state index contributed by atoms with van der Waals surface area (Å²) in [5, 5.41) is 18.7. The van der Waals surface area contributed by atoms with Crippen molar-refractivity contribution in [3.05, 3.63) is 0 Å². The Morgan fingerprint density at radius 2 is 2.07 bits per heavy atom. The number of ether oxygens (including phenoxy) is 1. The molecule has 1 rings (SSSR count). The molecule has 2 unspecified atom stereocenters. The van der Waals surface area contributed by atoms with Crippen LogP contribution in [0.1, 0.15) is 20.8 Å². The van der Waals surface area contributed by atoms with Crippen LogP contribution in [0.3, 0.4) is 0 Å². The molecule has 14 heavy (non-hydrogen) atoms. The number of aliphatic hydroxyl groups excluding tert-OH is 1. The van der Waals surface area contributed by atoms with Crippen molar-refractivity contribution in [2.75, 3.05) is 26.2 Å². The number of hydrogen-bond acceptors (Lipinski definition) is 4. The van der Waals surface area contributed by atoms with Crippen LogP contribution in [0, 0.1) is 0 Å². The highest BCUT2D eigenvalue weighted by Crippen LogP contribution is 2.14. The van der Waals surface area contributed by atoms with E-state index in [1.807, 2.05) is 6.92 Å². The molecule has 0 bridgehead atoms. The topological polar surface area (TPSA) is 52.9 Å². The fraction of sp³-hybridized carbons (Fsp3) is 1.00. The van der Waals surface area contributed by atoms with Crippen molar-refractivity contribution in [3.8, 4) is 0 Å². The van der Waals surface area contributed by atoms with Gasteiger partial charge in [0.05, 0.1) is 24.4 Å². The SMILES string of the molecule is CC1CN(CC(C)(C)O)CC(CO)O1. The van der Waals surface area contributed by atoms with Gasteiger partial charge in [0.25, 0.3) is 0 Å². The van der Waals surface area contributed by atoms with Crippen molar-refractivity contribution in [2.45, 2.75) is 38.6 Å². The van der Waals surface area contributed by atoms with E-state index in [4.69, 9.17) is 9.84 Å². The predicted molar refractivity (Wildman–Crippen MR) is 54.2 cm³/mol. The highest BCUT2D eigenvalue weighted by atomic mass is 16.5. The lowest BCUT2D eigenvalue weighted by Gasteiger charge is -2.38. The Morgan fingerprint density at radius 3 is 2.57 bits per heavy atom. The van der Waals surface area contributed by atoms with Crippen molar-refractivity contribution in [2.24, 2.45) is 0 Å². The Balaban J connectivity index is 2.45. The summed E-state index contributed by atoms with van der Waals surface area (Å²) in [6.07, 6.45) is 0.0179. The van der Waals surface area contributed by atoms with Crippen LogP contribution in [0.2, 0.25) is 0 Å². The van der Waals surface area contributed by atoms with E-state index < -0.39 is 5.60 Å². The first-order chi connectivity index (χ1) is 6.40. The molecular weight excluding hydrogens is 182 g/mol. The van der Waals surface area contributed by atoms with Crippen LogP contribution in [0.4, 0.5) is 0 Å². The van der Waals surface area contributed by atoms with Crippen molar-refractivity contribution < 1.29 is 14.9 Å². The van der Waals surface area contributed by atoms with Gasteiger partial charge in [0.2, 0.25) is 0 Å². The number of nitrogens with zero attached hydrogens (tertiary/aromatic N) is 1. The lowest BCUT2D eigenvalue weighted by molar-refractivity contribution is -0.108. The zero-order valence-electron chi connectivity index (χ0n) is 9.23. The van der Waals surface area contributed by atoms with E-state index in [-0.39, 0.29) is 18.8 Å². The minimum atomic E-state index is -0.683. The molecule has 0 aromatic carbocycles. The quantitative estimate of drug-likeness (QED) is 0.669. The molecule has 2 atom stereocenters. The number of aliphatic hydroxyl groups is 2. The summed E-state index contributed by atoms with van der Waals surface area (Å²) >= 11 is 0. The molecule has 0 amide bonds. The Bertz CT molecular complexity index is 179. The lowest BCUT2D eigenvalue weighted by atomic mass is 10.1. The molecule has 1 aliphatic rings. The molecule has 1 aliphatic heterocycles. The van der Waals surface area contributed by atoms with E-state index in [2.05, 4.69) is 4.90 Å². The van der Waals surface area contributed by atoms with Gasteiger partial charge in [-0.05, 0) is 20.8 Å². The summed E-state index contributed by atoms with van der Waals surface area (Å²) in [4.78, 5) is 2.13. The second-order valence-corrected chi connectivity index (χ2v) is 4.76. The Kier molecular flexibility index (Phi) is 3.89. The maximum absolute atomic E-state index is 9.67. The standard InChI is InChI=1S/C10H21NO3/c1-8-4-11(7-10(2,3)13)5-9(6-12)14-8/h8-9,12-13H,4-7H2,1-3H3. The van der Waals surface area contributed by atoms with Gasteiger partial charge in [-0.3, -0.25) is 4.90 Å². The van der Waals surface area contributed by atoms with Gasteiger partial charge in [-0.15, -0.1) is 0 Å². The van der Waals surface area contributed by atoms with Crippen LogP contribution < -0.4 is 0 Å². The van der Waals surface area contributed by atoms with E-state index in [0.29, 0.717) is 13.1 Å². The minimum absolute atomic E-state index is 0.0483. The zero-order chi connectivity index (χ0) is 10.8. The first-order valence-electron chi connectivity index (χ1n) is 5.12. The van der Waals surface area contributed by atoms with Crippen LogP contribution in [-0.2, 0) is 4.74 Å². The van der Waals surface area contributed by atoms with E-state index in [9.17, 15) is 5.11 Å². The van der Waals surface area contributed by atoms with Gasteiger partial charge >= 0.3 is 0 Å². The predicted octanol–water partition coefficient (Wildman–Crippen LogP) is -0.161. The Morgan fingerprint density at radius 1 is 1.43 bits per heavy atom. The summed E-state index contributed by atoms with van der Waals surface area (Å²) in [6, 6.07) is 0. The molecule has 0 aromatic rings. The second kappa shape index (κ2) is 4.57. The first kappa shape index (κ1) is 11.9. The average molecular weight is 203 g/mol. The molecule has 0 aliphatic carbocycles. The lowest BCUT2D eigenvalue weighted by Crippen LogP contribution is -2.51. The van der Waals surface area contributed by atoms with Gasteiger partial charge in [-0.1, -0.05) is 0 Å². The van der Waals surface area contributed by atoms with E-state index in [1.165, 1.54) is 0 Å². The summed E-state index contributed by atoms with van der Waals surface area (Å²) in [7, 11) is 0. The number of hydrogen-bond donors (Lipinski definition) is 2. The summed E-state index contributed by atoms with van der Waals surface area (Å²) in [5.41, 5.74) is -0.683. The third-order valence-electron chi connectivity index (χ3n) is 2.22. The normalized spacial score (nSPS) is 30.6. The molecular formula is C10H21NO3. The van der Waals surface area contributed by atoms with Crippen molar-refractivity contribution in [3.63, 3.8) is 0 Å². The van der Waals surface area contributed by atoms with Crippen molar-refractivity contribution >= 4 is 0 Å². The van der Waals surface area contributed by atoms with Crippen molar-refractivity contribution in [1.29, 1.82) is 0 Å². The first-order valence-corrected chi connectivity index (χ1v) is 5.12. The van der Waals surface area contributed by atoms with E-state index >= 15 is 0 Å². The van der Waals surface area contributed by atoms with Gasteiger partial charge < -0.3 is 14.9 Å². The smallest absolute Gasteiger partial charge is 0.0936 e. The molecule has 1 heterocycles. The van der Waals surface area contributed by atoms with E-state index in [1.54, 1.807) is 13.8 Å². The van der Waals surface area contributed by atoms with Gasteiger partial charge in [0, 0.05) is 19.6 Å². The molecule has 1 saturated heterocycles. The summed E-state index contributed by atoms with van der Waals surface area (Å²) < 4.78 is 5.51. The molecule has 0 radical (unpaired) electrons. The van der Waals surface area contributed by atoms with Gasteiger partial charge in [0.15, 0.2) is 0 Å². The third-order valence-corrected chi connectivity index (χ3v) is 2.22. The largest absolute Gasteiger partial charge is 0.394 e. The van der Waals surface area contributed by atoms with Crippen LogP contribution in [0.25, 0.3) is 0 Å². The Labute approximate surface area is 85.5 Å². The molecule has 0 saturated carbocycles. The third kappa shape index (κ3) is 3.92. The van der Waals surface area contributed by atoms with Crippen LogP contribution in [0.15, 0.2) is 0 Å². The molecule has 0 aromatic heterocycles. The minimum Gasteiger partial charge on any atom is -0.394 e. The highest BCUT2D eigenvalue weighted by Gasteiger charge is 2.27. The number of morpholine rings is 1. The highest BCUT2D eigenvalue weighted by molar-refractivity contribution is 4.80. The molecule has 2 N–H and O–H groups in total. The second-order valence-electron chi connectivity index (χ2n) is 4.76. The fourth-order valence-corrected chi connectivity index (χ4v) is 1.92. The molecule has 1 fully saturated rings. The summed E-state index contributed by atoms with van der Waals surface area (Å²) in [6.45, 7) is 7.76. The van der Waals surface area contributed by atoms with Crippen LogP contribution in [-0.4, -0.2) is 59.2 Å². The monoisotopic (exact) mass is 203 g/mol. The fourth-order valence-electron chi connectivity index (χ4n) is 1.92. The van der Waals surface area contributed by atoms with Crippen LogP contribution in [0.5, 0.6) is 0 Å². The zero-order valence-corrected chi connectivity index (χ0v) is 9.23. The van der Waals surface area contributed by atoms with Gasteiger partial charge in [-0.2, -0.15) is 0 Å². The maximum Gasteiger partial charge on any atom is 0.0936 e. The van der Waals surface area contributed by atoms with E-state index in [0.717, 1.165) is 6.54 Å². The average Bonchev–Trinajstić information content (AvgIpc) is 1.99. The van der Waals surface area contributed by atoms with Crippen molar-refractivity contribution in [1.82, 2.24) is 4.90 Å².